The van der Waals surface area contributed by atoms with Crippen molar-refractivity contribution in [2.75, 3.05) is 13.2 Å². The molecule has 1 aromatic carbocycles. The van der Waals surface area contributed by atoms with Crippen LogP contribution in [0, 0.1) is 10.1 Å². The number of carbonyl (C=O) groups is 1. The minimum atomic E-state index is -1.34. The van der Waals surface area contributed by atoms with Gasteiger partial charge in [0.05, 0.1) is 24.2 Å². The van der Waals surface area contributed by atoms with E-state index >= 15 is 0 Å². The maximum absolute atomic E-state index is 10.8. The molecule has 1 fully saturated rings. The number of nitro benzene ring substituents is 1. The second-order valence-corrected chi connectivity index (χ2v) is 3.52. The summed E-state index contributed by atoms with van der Waals surface area (Å²) in [5.74, 6) is -1.06. The van der Waals surface area contributed by atoms with Gasteiger partial charge in [0.1, 0.15) is 17.4 Å². The highest BCUT2D eigenvalue weighted by atomic mass is 16.6. The summed E-state index contributed by atoms with van der Waals surface area (Å²) in [6, 6.07) is 3.67. The van der Waals surface area contributed by atoms with Crippen LogP contribution in [0.2, 0.25) is 0 Å². The minimum absolute atomic E-state index is 0.120. The van der Waals surface area contributed by atoms with Crippen molar-refractivity contribution in [2.24, 2.45) is 0 Å². The van der Waals surface area contributed by atoms with Crippen molar-refractivity contribution >= 4 is 11.7 Å². The van der Waals surface area contributed by atoms with Crippen LogP contribution in [0.15, 0.2) is 18.2 Å². The number of nitrogens with zero attached hydrogens (tertiary/aromatic N) is 1. The second kappa shape index (κ2) is 4.38. The lowest BCUT2D eigenvalue weighted by Gasteiger charge is -2.26. The third-order valence-corrected chi connectivity index (χ3v) is 2.31. The zero-order valence-electron chi connectivity index (χ0n) is 8.66. The van der Waals surface area contributed by atoms with Crippen LogP contribution in [0.4, 0.5) is 5.69 Å². The van der Waals surface area contributed by atoms with Crippen LogP contribution in [0.25, 0.3) is 0 Å². The summed E-state index contributed by atoms with van der Waals surface area (Å²) in [5, 5.41) is 19.5. The van der Waals surface area contributed by atoms with E-state index in [0.29, 0.717) is 13.2 Å². The normalized spacial score (nSPS) is 15.1. The third-order valence-electron chi connectivity index (χ3n) is 2.31. The third kappa shape index (κ3) is 2.34. The zero-order valence-corrected chi connectivity index (χ0v) is 8.66. The van der Waals surface area contributed by atoms with E-state index in [1.165, 1.54) is 6.07 Å². The van der Waals surface area contributed by atoms with Crippen LogP contribution >= 0.6 is 0 Å². The Kier molecular flexibility index (Phi) is 2.92. The average Bonchev–Trinajstić information content (AvgIpc) is 2.23. The maximum Gasteiger partial charge on any atom is 0.342 e. The molecule has 1 aromatic rings. The Labute approximate surface area is 95.7 Å². The molecule has 7 nitrogen and oxygen atoms in total. The summed E-state index contributed by atoms with van der Waals surface area (Å²) in [7, 11) is 0. The van der Waals surface area contributed by atoms with Gasteiger partial charge >= 0.3 is 5.97 Å². The Morgan fingerprint density at radius 2 is 2.24 bits per heavy atom. The zero-order chi connectivity index (χ0) is 12.4. The molecule has 90 valence electrons. The molecule has 1 aliphatic heterocycles. The number of hydrogen-bond donors (Lipinski definition) is 1. The molecule has 2 rings (SSSR count). The molecule has 0 spiro atoms. The van der Waals surface area contributed by atoms with Gasteiger partial charge in [0.15, 0.2) is 0 Å². The van der Waals surface area contributed by atoms with Crippen LogP contribution in [0.5, 0.6) is 5.75 Å². The van der Waals surface area contributed by atoms with E-state index in [2.05, 4.69) is 0 Å². The lowest BCUT2D eigenvalue weighted by Crippen LogP contribution is -2.38. The lowest BCUT2D eigenvalue weighted by atomic mass is 10.1. The lowest BCUT2D eigenvalue weighted by molar-refractivity contribution is -0.385. The van der Waals surface area contributed by atoms with Crippen LogP contribution in [-0.2, 0) is 4.74 Å². The molecule has 0 amide bonds. The van der Waals surface area contributed by atoms with Crippen LogP contribution in [-0.4, -0.2) is 35.3 Å². The number of benzene rings is 1. The minimum Gasteiger partial charge on any atom is -0.485 e. The summed E-state index contributed by atoms with van der Waals surface area (Å²) in [5.41, 5.74) is -0.831. The number of rotatable bonds is 4. The summed E-state index contributed by atoms with van der Waals surface area (Å²) in [4.78, 5) is 20.7. The predicted molar refractivity (Wildman–Crippen MR) is 55.3 cm³/mol. The van der Waals surface area contributed by atoms with Gasteiger partial charge in [-0.05, 0) is 12.1 Å². The van der Waals surface area contributed by atoms with Crippen molar-refractivity contribution in [2.45, 2.75) is 6.10 Å². The molecule has 1 N–H and O–H groups in total. The first-order chi connectivity index (χ1) is 8.08. The van der Waals surface area contributed by atoms with E-state index < -0.39 is 16.6 Å². The molecule has 1 aliphatic rings. The van der Waals surface area contributed by atoms with Gasteiger partial charge in [0.2, 0.25) is 0 Å². The maximum atomic E-state index is 10.8. The van der Waals surface area contributed by atoms with Gasteiger partial charge in [-0.15, -0.1) is 0 Å². The van der Waals surface area contributed by atoms with Gasteiger partial charge in [0.25, 0.3) is 5.69 Å². The molecule has 0 radical (unpaired) electrons. The summed E-state index contributed by atoms with van der Waals surface area (Å²) >= 11 is 0. The van der Waals surface area contributed by atoms with Crippen molar-refractivity contribution in [3.8, 4) is 5.75 Å². The monoisotopic (exact) mass is 239 g/mol. The van der Waals surface area contributed by atoms with Crippen molar-refractivity contribution in [1.29, 1.82) is 0 Å². The largest absolute Gasteiger partial charge is 0.485 e. The van der Waals surface area contributed by atoms with Crippen molar-refractivity contribution < 1.29 is 24.3 Å². The first kappa shape index (κ1) is 11.3. The summed E-state index contributed by atoms with van der Waals surface area (Å²) < 4.78 is 10.2. The fourth-order valence-electron chi connectivity index (χ4n) is 1.39. The van der Waals surface area contributed by atoms with E-state index in [-0.39, 0.29) is 17.4 Å². The standard InChI is InChI=1S/C10H9NO6/c12-10(13)8-2-1-6(3-9(8)11(14)15)17-7-4-16-5-7/h1-3,7H,4-5H2,(H,12,13). The average molecular weight is 239 g/mol. The Bertz CT molecular complexity index is 468. The van der Waals surface area contributed by atoms with Gasteiger partial charge in [-0.25, -0.2) is 4.79 Å². The van der Waals surface area contributed by atoms with Crippen LogP contribution < -0.4 is 4.74 Å². The summed E-state index contributed by atoms with van der Waals surface area (Å²) in [6.45, 7) is 0.878. The molecule has 0 atom stereocenters. The fourth-order valence-corrected chi connectivity index (χ4v) is 1.39. The molecular weight excluding hydrogens is 230 g/mol. The smallest absolute Gasteiger partial charge is 0.342 e. The summed E-state index contributed by atoms with van der Waals surface area (Å²) in [6.07, 6.45) is -0.120. The molecule has 1 heterocycles. The van der Waals surface area contributed by atoms with Gasteiger partial charge in [-0.1, -0.05) is 0 Å². The van der Waals surface area contributed by atoms with E-state index in [0.717, 1.165) is 12.1 Å². The Balaban J connectivity index is 2.27. The first-order valence-electron chi connectivity index (χ1n) is 4.84. The molecule has 0 saturated carbocycles. The van der Waals surface area contributed by atoms with E-state index in [9.17, 15) is 14.9 Å². The number of carboxylic acid groups (broad SMARTS) is 1. The Hall–Kier alpha value is -2.15. The van der Waals surface area contributed by atoms with E-state index in [1.54, 1.807) is 0 Å². The number of aromatic carboxylic acids is 1. The van der Waals surface area contributed by atoms with Gasteiger partial charge in [-0.3, -0.25) is 10.1 Å². The van der Waals surface area contributed by atoms with Gasteiger partial charge in [-0.2, -0.15) is 0 Å². The highest BCUT2D eigenvalue weighted by molar-refractivity contribution is 5.92. The molecule has 0 aromatic heterocycles. The quantitative estimate of drug-likeness (QED) is 0.623. The van der Waals surface area contributed by atoms with E-state index in [1.807, 2.05) is 0 Å². The van der Waals surface area contributed by atoms with Crippen molar-refractivity contribution in [3.63, 3.8) is 0 Å². The molecule has 0 bridgehead atoms. The molecule has 1 saturated heterocycles. The highest BCUT2D eigenvalue weighted by Crippen LogP contribution is 2.26. The molecule has 7 heteroatoms. The van der Waals surface area contributed by atoms with Gasteiger partial charge in [0, 0.05) is 0 Å². The highest BCUT2D eigenvalue weighted by Gasteiger charge is 2.24. The number of hydrogen-bond acceptors (Lipinski definition) is 5. The fraction of sp³-hybridized carbons (Fsp3) is 0.300. The molecule has 0 aliphatic carbocycles. The van der Waals surface area contributed by atoms with Crippen molar-refractivity contribution in [1.82, 2.24) is 0 Å². The Morgan fingerprint density at radius 1 is 1.53 bits per heavy atom. The topological polar surface area (TPSA) is 98.9 Å². The molecular formula is C10H9NO6. The van der Waals surface area contributed by atoms with Crippen LogP contribution in [0.3, 0.4) is 0 Å². The second-order valence-electron chi connectivity index (χ2n) is 3.52. The first-order valence-corrected chi connectivity index (χ1v) is 4.84. The molecule has 17 heavy (non-hydrogen) atoms. The molecule has 0 unspecified atom stereocenters. The SMILES string of the molecule is O=C(O)c1ccc(OC2COC2)cc1[N+](=O)[O-]. The predicted octanol–water partition coefficient (Wildman–Crippen LogP) is 1.07. The number of carboxylic acids is 1. The number of ether oxygens (including phenoxy) is 2. The Morgan fingerprint density at radius 3 is 2.71 bits per heavy atom. The number of nitro groups is 1. The van der Waals surface area contributed by atoms with Crippen molar-refractivity contribution in [3.05, 3.63) is 33.9 Å². The van der Waals surface area contributed by atoms with Gasteiger partial charge < -0.3 is 14.6 Å². The van der Waals surface area contributed by atoms with E-state index in [4.69, 9.17) is 14.6 Å². The van der Waals surface area contributed by atoms with Crippen LogP contribution in [0.1, 0.15) is 10.4 Å².